The van der Waals surface area contributed by atoms with Crippen molar-refractivity contribution in [3.63, 3.8) is 0 Å². The van der Waals surface area contributed by atoms with Crippen LogP contribution in [0.2, 0.25) is 5.02 Å². The molecule has 0 amide bonds. The van der Waals surface area contributed by atoms with Gasteiger partial charge in [0.2, 0.25) is 0 Å². The van der Waals surface area contributed by atoms with Gasteiger partial charge >= 0.3 is 5.97 Å². The Kier molecular flexibility index (Phi) is 5.49. The maximum atomic E-state index is 12.7. The van der Waals surface area contributed by atoms with Crippen LogP contribution >= 0.6 is 11.6 Å². The molecule has 0 unspecified atom stereocenters. The summed E-state index contributed by atoms with van der Waals surface area (Å²) in [5.41, 5.74) is 3.06. The van der Waals surface area contributed by atoms with Gasteiger partial charge in [-0.1, -0.05) is 59.6 Å². The largest absolute Gasteiger partial charge is 0.457 e. The van der Waals surface area contributed by atoms with Crippen molar-refractivity contribution in [3.8, 4) is 0 Å². The molecule has 0 atom stereocenters. The van der Waals surface area contributed by atoms with Crippen LogP contribution in [-0.4, -0.2) is 11.8 Å². The molecule has 0 spiro atoms. The summed E-state index contributed by atoms with van der Waals surface area (Å²) in [7, 11) is 0. The average Bonchev–Trinajstić information content (AvgIpc) is 2.67. The number of ketones is 1. The number of esters is 1. The molecule has 3 aromatic carbocycles. The smallest absolute Gasteiger partial charge is 0.339 e. The van der Waals surface area contributed by atoms with Gasteiger partial charge < -0.3 is 4.74 Å². The van der Waals surface area contributed by atoms with Crippen molar-refractivity contribution in [2.24, 2.45) is 0 Å². The minimum Gasteiger partial charge on any atom is -0.457 e. The Morgan fingerprint density at radius 3 is 2.12 bits per heavy atom. The fraction of sp³-hybridized carbons (Fsp3) is 0.0909. The number of carbonyl (C=O) groups is 2. The Morgan fingerprint density at radius 2 is 1.46 bits per heavy atom. The number of benzene rings is 3. The molecule has 0 saturated carbocycles. The van der Waals surface area contributed by atoms with Gasteiger partial charge in [0.25, 0.3) is 0 Å². The van der Waals surface area contributed by atoms with Crippen LogP contribution in [0.3, 0.4) is 0 Å². The van der Waals surface area contributed by atoms with E-state index in [-0.39, 0.29) is 18.0 Å². The number of ether oxygens (including phenoxy) is 1. The second-order valence-electron chi connectivity index (χ2n) is 5.94. The van der Waals surface area contributed by atoms with Crippen LogP contribution in [0.15, 0.2) is 72.8 Å². The molecule has 0 heterocycles. The van der Waals surface area contributed by atoms with E-state index in [0.29, 0.717) is 16.1 Å². The van der Waals surface area contributed by atoms with Crippen molar-refractivity contribution < 1.29 is 14.3 Å². The Labute approximate surface area is 157 Å². The first-order valence-corrected chi connectivity index (χ1v) is 8.54. The summed E-state index contributed by atoms with van der Waals surface area (Å²) in [6.07, 6.45) is 0. The van der Waals surface area contributed by atoms with Crippen LogP contribution in [0.25, 0.3) is 0 Å². The van der Waals surface area contributed by atoms with Gasteiger partial charge in [0.05, 0.1) is 5.56 Å². The molecule has 26 heavy (non-hydrogen) atoms. The van der Waals surface area contributed by atoms with Crippen molar-refractivity contribution in [1.82, 2.24) is 0 Å². The van der Waals surface area contributed by atoms with Crippen molar-refractivity contribution in [1.29, 1.82) is 0 Å². The van der Waals surface area contributed by atoms with E-state index >= 15 is 0 Å². The molecular formula is C22H17ClO3. The summed E-state index contributed by atoms with van der Waals surface area (Å²) in [6.45, 7) is 2.15. The SMILES string of the molecule is Cc1ccc(COC(=O)c2ccccc2C(=O)c2ccc(Cl)cc2)cc1. The molecule has 0 fully saturated rings. The van der Waals surface area contributed by atoms with Crippen LogP contribution in [-0.2, 0) is 11.3 Å². The average molecular weight is 365 g/mol. The summed E-state index contributed by atoms with van der Waals surface area (Å²) in [5, 5.41) is 0.548. The van der Waals surface area contributed by atoms with Crippen LogP contribution < -0.4 is 0 Å². The van der Waals surface area contributed by atoms with E-state index in [9.17, 15) is 9.59 Å². The molecule has 0 aliphatic heterocycles. The van der Waals surface area contributed by atoms with Crippen LogP contribution in [0.5, 0.6) is 0 Å². The topological polar surface area (TPSA) is 43.4 Å². The van der Waals surface area contributed by atoms with Crippen LogP contribution in [0.1, 0.15) is 37.4 Å². The minimum atomic E-state index is -0.525. The monoisotopic (exact) mass is 364 g/mol. The first kappa shape index (κ1) is 17.9. The van der Waals surface area contributed by atoms with Gasteiger partial charge in [-0.3, -0.25) is 4.79 Å². The van der Waals surface area contributed by atoms with E-state index in [1.165, 1.54) is 0 Å². The van der Waals surface area contributed by atoms with E-state index < -0.39 is 5.97 Å². The number of carbonyl (C=O) groups excluding carboxylic acids is 2. The lowest BCUT2D eigenvalue weighted by Crippen LogP contribution is -2.12. The highest BCUT2D eigenvalue weighted by Crippen LogP contribution is 2.18. The molecular weight excluding hydrogens is 348 g/mol. The molecule has 3 rings (SSSR count). The van der Waals surface area contributed by atoms with Crippen molar-refractivity contribution >= 4 is 23.4 Å². The lowest BCUT2D eigenvalue weighted by molar-refractivity contribution is 0.0470. The predicted molar refractivity (Wildman–Crippen MR) is 102 cm³/mol. The van der Waals surface area contributed by atoms with Gasteiger partial charge in [0.1, 0.15) is 6.61 Å². The molecule has 130 valence electrons. The maximum absolute atomic E-state index is 12.7. The van der Waals surface area contributed by atoms with Crippen molar-refractivity contribution in [2.45, 2.75) is 13.5 Å². The third-order valence-electron chi connectivity index (χ3n) is 3.99. The van der Waals surface area contributed by atoms with Gasteiger partial charge in [0.15, 0.2) is 5.78 Å². The third kappa shape index (κ3) is 4.19. The molecule has 3 nitrogen and oxygen atoms in total. The van der Waals surface area contributed by atoms with Crippen molar-refractivity contribution in [2.75, 3.05) is 0 Å². The second kappa shape index (κ2) is 7.98. The van der Waals surface area contributed by atoms with Gasteiger partial charge in [-0.2, -0.15) is 0 Å². The molecule has 0 aliphatic carbocycles. The summed E-state index contributed by atoms with van der Waals surface area (Å²) >= 11 is 5.87. The highest BCUT2D eigenvalue weighted by molar-refractivity contribution is 6.30. The summed E-state index contributed by atoms with van der Waals surface area (Å²) in [5.74, 6) is -0.770. The maximum Gasteiger partial charge on any atom is 0.339 e. The lowest BCUT2D eigenvalue weighted by atomic mass is 9.98. The Morgan fingerprint density at radius 1 is 0.846 bits per heavy atom. The number of hydrogen-bond donors (Lipinski definition) is 0. The number of rotatable bonds is 5. The van der Waals surface area contributed by atoms with Gasteiger partial charge in [-0.05, 0) is 42.8 Å². The third-order valence-corrected chi connectivity index (χ3v) is 4.24. The Hall–Kier alpha value is -2.91. The fourth-order valence-electron chi connectivity index (χ4n) is 2.53. The first-order chi connectivity index (χ1) is 12.5. The molecule has 0 aromatic heterocycles. The highest BCUT2D eigenvalue weighted by atomic mass is 35.5. The summed E-state index contributed by atoms with van der Waals surface area (Å²) in [4.78, 5) is 25.2. The standard InChI is InChI=1S/C22H17ClO3/c1-15-6-8-16(9-7-15)14-26-22(25)20-5-3-2-4-19(20)21(24)17-10-12-18(23)13-11-17/h2-13H,14H2,1H3. The van der Waals surface area contributed by atoms with E-state index in [2.05, 4.69) is 0 Å². The van der Waals surface area contributed by atoms with E-state index in [4.69, 9.17) is 16.3 Å². The number of hydrogen-bond acceptors (Lipinski definition) is 3. The molecule has 3 aromatic rings. The van der Waals surface area contributed by atoms with E-state index in [1.54, 1.807) is 48.5 Å². The quantitative estimate of drug-likeness (QED) is 0.459. The number of aryl methyl sites for hydroxylation is 1. The molecule has 0 saturated heterocycles. The Balaban J connectivity index is 1.79. The van der Waals surface area contributed by atoms with Gasteiger partial charge in [0, 0.05) is 16.1 Å². The predicted octanol–water partition coefficient (Wildman–Crippen LogP) is 5.24. The van der Waals surface area contributed by atoms with Crippen molar-refractivity contribution in [3.05, 3.63) is 106 Å². The zero-order chi connectivity index (χ0) is 18.5. The zero-order valence-electron chi connectivity index (χ0n) is 14.2. The highest BCUT2D eigenvalue weighted by Gasteiger charge is 2.19. The fourth-order valence-corrected chi connectivity index (χ4v) is 2.65. The van der Waals surface area contributed by atoms with Gasteiger partial charge in [-0.15, -0.1) is 0 Å². The van der Waals surface area contributed by atoms with E-state index in [0.717, 1.165) is 11.1 Å². The van der Waals surface area contributed by atoms with Crippen LogP contribution in [0, 0.1) is 6.92 Å². The second-order valence-corrected chi connectivity index (χ2v) is 6.38. The van der Waals surface area contributed by atoms with Gasteiger partial charge in [-0.25, -0.2) is 4.79 Å². The normalized spacial score (nSPS) is 10.4. The van der Waals surface area contributed by atoms with E-state index in [1.807, 2.05) is 31.2 Å². The van der Waals surface area contributed by atoms with Crippen LogP contribution in [0.4, 0.5) is 0 Å². The number of halogens is 1. The molecule has 4 heteroatoms. The lowest BCUT2D eigenvalue weighted by Gasteiger charge is -2.09. The zero-order valence-corrected chi connectivity index (χ0v) is 15.0. The molecule has 0 radical (unpaired) electrons. The first-order valence-electron chi connectivity index (χ1n) is 8.16. The summed E-state index contributed by atoms with van der Waals surface area (Å²) < 4.78 is 5.39. The minimum absolute atomic E-state index is 0.155. The molecule has 0 N–H and O–H groups in total. The Bertz CT molecular complexity index is 928. The molecule has 0 aliphatic rings. The molecule has 0 bridgehead atoms. The summed E-state index contributed by atoms with van der Waals surface area (Å²) in [6, 6.07) is 21.0.